The van der Waals surface area contributed by atoms with Crippen LogP contribution in [0.25, 0.3) is 10.9 Å². The molecule has 1 fully saturated rings. The van der Waals surface area contributed by atoms with Crippen LogP contribution in [0.4, 0.5) is 5.69 Å². The van der Waals surface area contributed by atoms with E-state index >= 15 is 0 Å². The van der Waals surface area contributed by atoms with E-state index in [9.17, 15) is 4.79 Å². The lowest BCUT2D eigenvalue weighted by molar-refractivity contribution is -0.130. The van der Waals surface area contributed by atoms with E-state index in [-0.39, 0.29) is 5.91 Å². The van der Waals surface area contributed by atoms with Gasteiger partial charge in [-0.2, -0.15) is 0 Å². The molecule has 1 aromatic carbocycles. The molecule has 2 aromatic heterocycles. The minimum Gasteiger partial charge on any atom is -0.368 e. The molecule has 0 spiro atoms. The Morgan fingerprint density at radius 1 is 1.19 bits per heavy atom. The highest BCUT2D eigenvalue weighted by atomic mass is 16.5. The molecular formula is C19H21N5O2. The summed E-state index contributed by atoms with van der Waals surface area (Å²) in [5, 5.41) is 4.96. The van der Waals surface area contributed by atoms with Crippen molar-refractivity contribution >= 4 is 22.5 Å². The number of nitrogens with zero attached hydrogens (tertiary/aromatic N) is 5. The summed E-state index contributed by atoms with van der Waals surface area (Å²) in [5.41, 5.74) is 3.79. The van der Waals surface area contributed by atoms with Gasteiger partial charge in [0.25, 0.3) is 0 Å². The fourth-order valence-electron chi connectivity index (χ4n) is 3.40. The Bertz CT molecular complexity index is 925. The summed E-state index contributed by atoms with van der Waals surface area (Å²) >= 11 is 0. The summed E-state index contributed by atoms with van der Waals surface area (Å²) in [6.45, 7) is 6.78. The second-order valence-corrected chi connectivity index (χ2v) is 6.61. The monoisotopic (exact) mass is 351 g/mol. The molecule has 7 heteroatoms. The van der Waals surface area contributed by atoms with Crippen molar-refractivity contribution in [3.8, 4) is 0 Å². The Morgan fingerprint density at radius 2 is 2.00 bits per heavy atom. The molecule has 1 saturated heterocycles. The molecule has 4 rings (SSSR count). The molecule has 134 valence electrons. The highest BCUT2D eigenvalue weighted by Gasteiger charge is 2.23. The van der Waals surface area contributed by atoms with Gasteiger partial charge in [-0.25, -0.2) is 9.97 Å². The van der Waals surface area contributed by atoms with Crippen LogP contribution in [0, 0.1) is 13.8 Å². The van der Waals surface area contributed by atoms with Crippen LogP contribution in [0.15, 0.2) is 35.2 Å². The smallest absolute Gasteiger partial charge is 0.227 e. The zero-order valence-corrected chi connectivity index (χ0v) is 15.0. The molecule has 7 nitrogen and oxygen atoms in total. The van der Waals surface area contributed by atoms with Gasteiger partial charge >= 0.3 is 0 Å². The summed E-state index contributed by atoms with van der Waals surface area (Å²) in [7, 11) is 0. The van der Waals surface area contributed by atoms with E-state index < -0.39 is 0 Å². The summed E-state index contributed by atoms with van der Waals surface area (Å²) in [6, 6.07) is 6.20. The van der Waals surface area contributed by atoms with E-state index in [1.54, 1.807) is 6.33 Å². The Morgan fingerprint density at radius 3 is 2.73 bits per heavy atom. The molecule has 0 atom stereocenters. The maximum Gasteiger partial charge on any atom is 0.227 e. The van der Waals surface area contributed by atoms with Crippen molar-refractivity contribution in [3.05, 3.63) is 47.7 Å². The van der Waals surface area contributed by atoms with Crippen LogP contribution in [0.3, 0.4) is 0 Å². The highest BCUT2D eigenvalue weighted by molar-refractivity contribution is 5.82. The number of anilines is 1. The first kappa shape index (κ1) is 16.5. The number of amides is 1. The molecule has 26 heavy (non-hydrogen) atoms. The second-order valence-electron chi connectivity index (χ2n) is 6.61. The van der Waals surface area contributed by atoms with Crippen molar-refractivity contribution < 1.29 is 9.32 Å². The predicted octanol–water partition coefficient (Wildman–Crippen LogP) is 2.13. The van der Waals surface area contributed by atoms with Crippen molar-refractivity contribution in [2.24, 2.45) is 0 Å². The van der Waals surface area contributed by atoms with Gasteiger partial charge in [-0.05, 0) is 32.0 Å². The summed E-state index contributed by atoms with van der Waals surface area (Å²) in [5.74, 6) is 0.860. The van der Waals surface area contributed by atoms with Crippen LogP contribution in [0.1, 0.15) is 17.0 Å². The number of benzene rings is 1. The Labute approximate surface area is 151 Å². The van der Waals surface area contributed by atoms with E-state index in [4.69, 9.17) is 4.52 Å². The first-order valence-corrected chi connectivity index (χ1v) is 8.76. The largest absolute Gasteiger partial charge is 0.368 e. The van der Waals surface area contributed by atoms with Gasteiger partial charge in [-0.15, -0.1) is 0 Å². The van der Waals surface area contributed by atoms with E-state index in [2.05, 4.69) is 32.2 Å². The van der Waals surface area contributed by atoms with Crippen molar-refractivity contribution in [1.82, 2.24) is 20.0 Å². The third-order valence-electron chi connectivity index (χ3n) is 4.99. The zero-order chi connectivity index (χ0) is 18.1. The number of carbonyl (C=O) groups excluding carboxylic acids is 1. The van der Waals surface area contributed by atoms with Crippen LogP contribution >= 0.6 is 0 Å². The normalized spacial score (nSPS) is 14.8. The number of fused-ring (bicyclic) bond motifs is 1. The summed E-state index contributed by atoms with van der Waals surface area (Å²) in [4.78, 5) is 25.2. The molecule has 1 aliphatic rings. The number of hydrogen-bond acceptors (Lipinski definition) is 6. The number of aromatic nitrogens is 3. The highest BCUT2D eigenvalue weighted by Crippen LogP contribution is 2.22. The van der Waals surface area contributed by atoms with Crippen molar-refractivity contribution in [3.63, 3.8) is 0 Å². The Hall–Kier alpha value is -2.96. The first-order valence-electron chi connectivity index (χ1n) is 8.76. The van der Waals surface area contributed by atoms with Crippen LogP contribution in [-0.4, -0.2) is 52.1 Å². The standard InChI is InChI=1S/C19H21N5O2/c1-13-17(14(2)26-22-13)10-19(25)24-7-5-23(6-8-24)16-3-4-18-15(9-16)11-20-12-21-18/h3-4,9,11-12H,5-8,10H2,1-2H3. The quantitative estimate of drug-likeness (QED) is 0.719. The van der Waals surface area contributed by atoms with Crippen molar-refractivity contribution in [2.75, 3.05) is 31.1 Å². The number of carbonyl (C=O) groups is 1. The van der Waals surface area contributed by atoms with Crippen molar-refractivity contribution in [2.45, 2.75) is 20.3 Å². The molecule has 0 N–H and O–H groups in total. The number of aryl methyl sites for hydroxylation is 2. The van der Waals surface area contributed by atoms with Gasteiger partial charge in [0.15, 0.2) is 0 Å². The molecule has 0 radical (unpaired) electrons. The molecule has 3 heterocycles. The fraction of sp³-hybridized carbons (Fsp3) is 0.368. The molecule has 0 aliphatic carbocycles. The van der Waals surface area contributed by atoms with E-state index in [1.807, 2.05) is 31.0 Å². The summed E-state index contributed by atoms with van der Waals surface area (Å²) in [6.07, 6.45) is 3.75. The Kier molecular flexibility index (Phi) is 4.28. The lowest BCUT2D eigenvalue weighted by Crippen LogP contribution is -2.49. The molecule has 0 unspecified atom stereocenters. The van der Waals surface area contributed by atoms with Gasteiger partial charge in [0.05, 0.1) is 17.6 Å². The van der Waals surface area contributed by atoms with Crippen LogP contribution < -0.4 is 4.90 Å². The van der Waals surface area contributed by atoms with E-state index in [0.717, 1.165) is 46.7 Å². The van der Waals surface area contributed by atoms with E-state index in [0.29, 0.717) is 19.5 Å². The SMILES string of the molecule is Cc1noc(C)c1CC(=O)N1CCN(c2ccc3ncncc3c2)CC1. The maximum absolute atomic E-state index is 12.6. The second kappa shape index (κ2) is 6.74. The van der Waals surface area contributed by atoms with Gasteiger partial charge in [-0.3, -0.25) is 4.79 Å². The lowest BCUT2D eigenvalue weighted by Gasteiger charge is -2.36. The molecule has 0 bridgehead atoms. The molecule has 1 aliphatic heterocycles. The van der Waals surface area contributed by atoms with Gasteiger partial charge in [0.2, 0.25) is 5.91 Å². The van der Waals surface area contributed by atoms with Gasteiger partial charge in [0, 0.05) is 49.0 Å². The van der Waals surface area contributed by atoms with E-state index in [1.165, 1.54) is 0 Å². The molecular weight excluding hydrogens is 330 g/mol. The van der Waals surface area contributed by atoms with Crippen molar-refractivity contribution in [1.29, 1.82) is 0 Å². The average molecular weight is 351 g/mol. The maximum atomic E-state index is 12.6. The van der Waals surface area contributed by atoms with Crippen LogP contribution in [0.2, 0.25) is 0 Å². The van der Waals surface area contributed by atoms with Gasteiger partial charge in [-0.1, -0.05) is 5.16 Å². The fourth-order valence-corrected chi connectivity index (χ4v) is 3.40. The van der Waals surface area contributed by atoms with Gasteiger partial charge in [0.1, 0.15) is 12.1 Å². The van der Waals surface area contributed by atoms with Crippen LogP contribution in [-0.2, 0) is 11.2 Å². The number of hydrogen-bond donors (Lipinski definition) is 0. The summed E-state index contributed by atoms with van der Waals surface area (Å²) < 4.78 is 5.15. The lowest BCUT2D eigenvalue weighted by atomic mass is 10.1. The topological polar surface area (TPSA) is 75.4 Å². The third-order valence-corrected chi connectivity index (χ3v) is 4.99. The minimum absolute atomic E-state index is 0.131. The zero-order valence-electron chi connectivity index (χ0n) is 15.0. The number of rotatable bonds is 3. The van der Waals surface area contributed by atoms with Crippen LogP contribution in [0.5, 0.6) is 0 Å². The minimum atomic E-state index is 0.131. The first-order chi connectivity index (χ1) is 12.6. The predicted molar refractivity (Wildman–Crippen MR) is 98.0 cm³/mol. The molecule has 3 aromatic rings. The van der Waals surface area contributed by atoms with Gasteiger partial charge < -0.3 is 14.3 Å². The third kappa shape index (κ3) is 3.12. The molecule has 0 saturated carbocycles. The molecule has 1 amide bonds. The average Bonchev–Trinajstić information content (AvgIpc) is 2.99. The Balaban J connectivity index is 1.41. The number of piperazine rings is 1.